The Morgan fingerprint density at radius 3 is 2.54 bits per heavy atom. The predicted molar refractivity (Wildman–Crippen MR) is 109 cm³/mol. The predicted octanol–water partition coefficient (Wildman–Crippen LogP) is 2.98. The number of nitrogens with one attached hydrogen (secondary N) is 1. The molecule has 1 atom stereocenters. The first-order chi connectivity index (χ1) is 13.3. The normalized spacial score (nSPS) is 16.3. The number of benzene rings is 2. The maximum absolute atomic E-state index is 12.7. The third-order valence-corrected chi connectivity index (χ3v) is 6.09. The number of para-hydroxylation sites is 1. The van der Waals surface area contributed by atoms with E-state index in [2.05, 4.69) is 4.72 Å². The lowest BCUT2D eigenvalue weighted by atomic mass is 10.1. The molecule has 6 nitrogen and oxygen atoms in total. The molecule has 0 saturated carbocycles. The zero-order valence-electron chi connectivity index (χ0n) is 16.4. The standard InChI is InChI=1S/C21H26N2O4S/c1-15(2)13-22-28(25,26)19-10-8-18(9-11-19)27-14-21(24)23-16(3)12-17-6-4-5-7-20(17)23/h4-11,15-16,22H,12-14H2,1-3H3. The summed E-state index contributed by atoms with van der Waals surface area (Å²) < 4.78 is 32.6. The van der Waals surface area contributed by atoms with E-state index in [-0.39, 0.29) is 29.4 Å². The van der Waals surface area contributed by atoms with E-state index in [4.69, 9.17) is 4.74 Å². The monoisotopic (exact) mass is 402 g/mol. The summed E-state index contributed by atoms with van der Waals surface area (Å²) >= 11 is 0. The largest absolute Gasteiger partial charge is 0.484 e. The molecule has 7 heteroatoms. The number of rotatable bonds is 7. The maximum Gasteiger partial charge on any atom is 0.265 e. The van der Waals surface area contributed by atoms with Gasteiger partial charge in [0.2, 0.25) is 10.0 Å². The van der Waals surface area contributed by atoms with Gasteiger partial charge in [0.05, 0.1) is 4.90 Å². The van der Waals surface area contributed by atoms with E-state index < -0.39 is 10.0 Å². The Kier molecular flexibility index (Phi) is 6.05. The number of hydrogen-bond acceptors (Lipinski definition) is 4. The molecule has 0 radical (unpaired) electrons. The molecule has 1 heterocycles. The van der Waals surface area contributed by atoms with E-state index in [1.165, 1.54) is 12.1 Å². The molecule has 0 aliphatic carbocycles. The summed E-state index contributed by atoms with van der Waals surface area (Å²) in [6.45, 7) is 6.18. The summed E-state index contributed by atoms with van der Waals surface area (Å²) in [5, 5.41) is 0. The molecule has 0 spiro atoms. The van der Waals surface area contributed by atoms with Gasteiger partial charge in [0, 0.05) is 18.3 Å². The third kappa shape index (κ3) is 4.54. The van der Waals surface area contributed by atoms with Crippen LogP contribution < -0.4 is 14.4 Å². The smallest absolute Gasteiger partial charge is 0.265 e. The molecule has 1 aliphatic heterocycles. The van der Waals surface area contributed by atoms with Crippen LogP contribution in [0.15, 0.2) is 53.4 Å². The first kappa shape index (κ1) is 20.4. The summed E-state index contributed by atoms with van der Waals surface area (Å²) in [5.74, 6) is 0.561. The minimum atomic E-state index is -3.54. The van der Waals surface area contributed by atoms with Gasteiger partial charge >= 0.3 is 0 Å². The number of sulfonamides is 1. The van der Waals surface area contributed by atoms with E-state index in [0.717, 1.165) is 17.7 Å². The number of ether oxygens (including phenoxy) is 1. The molecule has 0 aromatic heterocycles. The van der Waals surface area contributed by atoms with E-state index >= 15 is 0 Å². The second kappa shape index (κ2) is 8.32. The van der Waals surface area contributed by atoms with Crippen LogP contribution in [0.5, 0.6) is 5.75 Å². The van der Waals surface area contributed by atoms with Gasteiger partial charge in [-0.25, -0.2) is 13.1 Å². The van der Waals surface area contributed by atoms with Crippen molar-refractivity contribution in [1.29, 1.82) is 0 Å². The fourth-order valence-electron chi connectivity index (χ4n) is 3.23. The molecule has 0 saturated heterocycles. The minimum Gasteiger partial charge on any atom is -0.484 e. The summed E-state index contributed by atoms with van der Waals surface area (Å²) in [7, 11) is -3.54. The molecule has 1 unspecified atom stereocenters. The molecular weight excluding hydrogens is 376 g/mol. The fourth-order valence-corrected chi connectivity index (χ4v) is 4.45. The lowest BCUT2D eigenvalue weighted by molar-refractivity contribution is -0.120. The van der Waals surface area contributed by atoms with Crippen molar-refractivity contribution in [3.05, 3.63) is 54.1 Å². The van der Waals surface area contributed by atoms with Gasteiger partial charge in [-0.15, -0.1) is 0 Å². The fraction of sp³-hybridized carbons (Fsp3) is 0.381. The lowest BCUT2D eigenvalue weighted by Crippen LogP contribution is -2.39. The molecule has 0 fully saturated rings. The molecule has 0 bridgehead atoms. The Morgan fingerprint density at radius 1 is 1.18 bits per heavy atom. The van der Waals surface area contributed by atoms with Gasteiger partial charge in [0.15, 0.2) is 6.61 Å². The van der Waals surface area contributed by atoms with Crippen molar-refractivity contribution in [3.8, 4) is 5.75 Å². The quantitative estimate of drug-likeness (QED) is 0.773. The molecular formula is C21H26N2O4S. The van der Waals surface area contributed by atoms with Crippen LogP contribution in [0.25, 0.3) is 0 Å². The molecule has 1 N–H and O–H groups in total. The Labute approximate surface area is 166 Å². The van der Waals surface area contributed by atoms with Crippen LogP contribution >= 0.6 is 0 Å². The van der Waals surface area contributed by atoms with Crippen molar-refractivity contribution in [2.75, 3.05) is 18.1 Å². The Hall–Kier alpha value is -2.38. The van der Waals surface area contributed by atoms with E-state index in [0.29, 0.717) is 12.3 Å². The molecule has 2 aromatic rings. The molecule has 1 amide bonds. The van der Waals surface area contributed by atoms with Crippen LogP contribution in [-0.2, 0) is 21.2 Å². The van der Waals surface area contributed by atoms with Gasteiger partial charge in [-0.3, -0.25) is 4.79 Å². The molecule has 150 valence electrons. The summed E-state index contributed by atoms with van der Waals surface area (Å²) in [6, 6.07) is 14.1. The summed E-state index contributed by atoms with van der Waals surface area (Å²) in [5.41, 5.74) is 2.09. The highest BCUT2D eigenvalue weighted by molar-refractivity contribution is 7.89. The first-order valence-corrected chi connectivity index (χ1v) is 10.9. The SMILES string of the molecule is CC(C)CNS(=O)(=O)c1ccc(OCC(=O)N2c3ccccc3CC2C)cc1. The second-order valence-electron chi connectivity index (χ2n) is 7.45. The van der Waals surface area contributed by atoms with Crippen LogP contribution in [0.2, 0.25) is 0 Å². The van der Waals surface area contributed by atoms with Crippen LogP contribution in [0.3, 0.4) is 0 Å². The number of anilines is 1. The highest BCUT2D eigenvalue weighted by Crippen LogP contribution is 2.31. The van der Waals surface area contributed by atoms with Gasteiger partial charge in [-0.1, -0.05) is 32.0 Å². The zero-order valence-corrected chi connectivity index (χ0v) is 17.2. The van der Waals surface area contributed by atoms with E-state index in [1.807, 2.05) is 45.0 Å². The summed E-state index contributed by atoms with van der Waals surface area (Å²) in [4.78, 5) is 14.6. The van der Waals surface area contributed by atoms with Crippen molar-refractivity contribution >= 4 is 21.6 Å². The minimum absolute atomic E-state index is 0.0908. The number of carbonyl (C=O) groups excluding carboxylic acids is 1. The highest BCUT2D eigenvalue weighted by Gasteiger charge is 2.30. The van der Waals surface area contributed by atoms with Crippen molar-refractivity contribution in [2.45, 2.75) is 38.1 Å². The number of hydrogen-bond donors (Lipinski definition) is 1. The highest BCUT2D eigenvalue weighted by atomic mass is 32.2. The summed E-state index contributed by atoms with van der Waals surface area (Å²) in [6.07, 6.45) is 0.831. The lowest BCUT2D eigenvalue weighted by Gasteiger charge is -2.22. The topological polar surface area (TPSA) is 75.7 Å². The van der Waals surface area contributed by atoms with Gasteiger partial charge in [-0.2, -0.15) is 0 Å². The maximum atomic E-state index is 12.7. The van der Waals surface area contributed by atoms with Crippen molar-refractivity contribution in [1.82, 2.24) is 4.72 Å². The molecule has 1 aliphatic rings. The number of nitrogens with zero attached hydrogens (tertiary/aromatic N) is 1. The first-order valence-electron chi connectivity index (χ1n) is 9.40. The van der Waals surface area contributed by atoms with Gasteiger partial charge in [0.1, 0.15) is 5.75 Å². The van der Waals surface area contributed by atoms with Gasteiger partial charge in [-0.05, 0) is 55.2 Å². The molecule has 2 aromatic carbocycles. The van der Waals surface area contributed by atoms with Crippen LogP contribution in [0.1, 0.15) is 26.3 Å². The third-order valence-electron chi connectivity index (χ3n) is 4.65. The average molecular weight is 403 g/mol. The zero-order chi connectivity index (χ0) is 20.3. The molecule has 28 heavy (non-hydrogen) atoms. The van der Waals surface area contributed by atoms with Crippen molar-refractivity contribution < 1.29 is 17.9 Å². The number of carbonyl (C=O) groups is 1. The van der Waals surface area contributed by atoms with Crippen LogP contribution in [0.4, 0.5) is 5.69 Å². The molecule has 3 rings (SSSR count). The van der Waals surface area contributed by atoms with Crippen molar-refractivity contribution in [2.24, 2.45) is 5.92 Å². The van der Waals surface area contributed by atoms with Crippen LogP contribution in [-0.4, -0.2) is 33.5 Å². The number of amides is 1. The van der Waals surface area contributed by atoms with Crippen LogP contribution in [0, 0.1) is 5.92 Å². The van der Waals surface area contributed by atoms with E-state index in [1.54, 1.807) is 17.0 Å². The van der Waals surface area contributed by atoms with Gasteiger partial charge in [0.25, 0.3) is 5.91 Å². The Balaban J connectivity index is 1.62. The van der Waals surface area contributed by atoms with E-state index in [9.17, 15) is 13.2 Å². The van der Waals surface area contributed by atoms with Gasteiger partial charge < -0.3 is 9.64 Å². The average Bonchev–Trinajstić information content (AvgIpc) is 3.00. The second-order valence-corrected chi connectivity index (χ2v) is 9.22. The van der Waals surface area contributed by atoms with Crippen molar-refractivity contribution in [3.63, 3.8) is 0 Å². The Bertz CT molecular complexity index is 939. The Morgan fingerprint density at radius 2 is 1.86 bits per heavy atom. The number of fused-ring (bicyclic) bond motifs is 1.